The summed E-state index contributed by atoms with van der Waals surface area (Å²) in [7, 11) is 1.65. The minimum atomic E-state index is -0.990. The first kappa shape index (κ1) is 16.0. The minimum absolute atomic E-state index is 0.198. The van der Waals surface area contributed by atoms with Gasteiger partial charge in [0.1, 0.15) is 11.6 Å². The lowest BCUT2D eigenvalue weighted by Gasteiger charge is -2.21. The van der Waals surface area contributed by atoms with Crippen LogP contribution in [0.1, 0.15) is 21.5 Å². The van der Waals surface area contributed by atoms with E-state index >= 15 is 0 Å². The van der Waals surface area contributed by atoms with Crippen LogP contribution in [0.5, 0.6) is 5.75 Å². The highest BCUT2D eigenvalue weighted by atomic mass is 19.1. The van der Waals surface area contributed by atoms with Crippen molar-refractivity contribution in [2.75, 3.05) is 7.05 Å². The molecule has 0 aromatic heterocycles. The molecule has 0 spiro atoms. The molecule has 2 aromatic carbocycles. The number of nitrogens with zero attached hydrogens (tertiary/aromatic N) is 1. The zero-order valence-electron chi connectivity index (χ0n) is 13.0. The summed E-state index contributed by atoms with van der Waals surface area (Å²) in [4.78, 5) is 24.8. The van der Waals surface area contributed by atoms with Crippen molar-refractivity contribution in [2.24, 2.45) is 0 Å². The molecule has 6 heteroatoms. The molecule has 0 aliphatic carbocycles. The summed E-state index contributed by atoms with van der Waals surface area (Å²) >= 11 is 0. The molecule has 1 N–H and O–H groups in total. The Kier molecular flexibility index (Phi) is 4.20. The van der Waals surface area contributed by atoms with Crippen LogP contribution in [0.4, 0.5) is 4.39 Å². The van der Waals surface area contributed by atoms with Crippen molar-refractivity contribution >= 4 is 11.9 Å². The first-order valence-electron chi connectivity index (χ1n) is 7.46. The highest BCUT2D eigenvalue weighted by Gasteiger charge is 2.31. The standard InChI is InChI=1S/C18H16FNO4/c1-20(10-11-2-4-12(5-3-11)18(22)23)17(21)16-9-13-8-14(19)6-7-15(13)24-16/h2-8,16H,9-10H2,1H3,(H,22,23)/t16-/m0/s1. The summed E-state index contributed by atoms with van der Waals surface area (Å²) in [6.45, 7) is 0.337. The molecular weight excluding hydrogens is 313 g/mol. The maximum absolute atomic E-state index is 13.2. The lowest BCUT2D eigenvalue weighted by Crippen LogP contribution is -2.38. The number of likely N-dealkylation sites (N-methyl/N-ethyl adjacent to an activating group) is 1. The summed E-state index contributed by atoms with van der Waals surface area (Å²) < 4.78 is 18.8. The van der Waals surface area contributed by atoms with Crippen LogP contribution in [0.15, 0.2) is 42.5 Å². The van der Waals surface area contributed by atoms with Gasteiger partial charge in [0.25, 0.3) is 5.91 Å². The van der Waals surface area contributed by atoms with E-state index in [0.717, 1.165) is 5.56 Å². The van der Waals surface area contributed by atoms with Crippen molar-refractivity contribution in [3.63, 3.8) is 0 Å². The molecule has 0 radical (unpaired) electrons. The van der Waals surface area contributed by atoms with Crippen molar-refractivity contribution in [3.05, 3.63) is 65.0 Å². The van der Waals surface area contributed by atoms with Gasteiger partial charge in [-0.3, -0.25) is 4.79 Å². The second-order valence-electron chi connectivity index (χ2n) is 5.76. The van der Waals surface area contributed by atoms with Crippen molar-refractivity contribution < 1.29 is 23.8 Å². The summed E-state index contributed by atoms with van der Waals surface area (Å²) in [6, 6.07) is 10.6. The van der Waals surface area contributed by atoms with E-state index in [9.17, 15) is 14.0 Å². The van der Waals surface area contributed by atoms with Crippen molar-refractivity contribution in [1.29, 1.82) is 0 Å². The second kappa shape index (κ2) is 6.31. The normalized spacial score (nSPS) is 15.5. The van der Waals surface area contributed by atoms with Gasteiger partial charge in [0.15, 0.2) is 6.10 Å². The Morgan fingerprint density at radius 3 is 2.62 bits per heavy atom. The van der Waals surface area contributed by atoms with Gasteiger partial charge in [0, 0.05) is 25.6 Å². The number of hydrogen-bond acceptors (Lipinski definition) is 3. The van der Waals surface area contributed by atoms with Gasteiger partial charge >= 0.3 is 5.97 Å². The molecule has 2 aromatic rings. The second-order valence-corrected chi connectivity index (χ2v) is 5.76. The zero-order chi connectivity index (χ0) is 17.3. The topological polar surface area (TPSA) is 66.8 Å². The van der Waals surface area contributed by atoms with Gasteiger partial charge in [-0.2, -0.15) is 0 Å². The van der Waals surface area contributed by atoms with Gasteiger partial charge in [0.2, 0.25) is 0 Å². The van der Waals surface area contributed by atoms with Crippen LogP contribution in [0, 0.1) is 5.82 Å². The molecule has 1 aliphatic heterocycles. The van der Waals surface area contributed by atoms with E-state index in [0.29, 0.717) is 24.3 Å². The molecule has 1 heterocycles. The van der Waals surface area contributed by atoms with Crippen molar-refractivity contribution in [1.82, 2.24) is 4.90 Å². The number of carbonyl (C=O) groups is 2. The van der Waals surface area contributed by atoms with Crippen LogP contribution in [-0.4, -0.2) is 35.0 Å². The van der Waals surface area contributed by atoms with Crippen LogP contribution in [-0.2, 0) is 17.8 Å². The fourth-order valence-electron chi connectivity index (χ4n) is 2.71. The SMILES string of the molecule is CN(Cc1ccc(C(=O)O)cc1)C(=O)[C@@H]1Cc2cc(F)ccc2O1. The molecule has 0 unspecified atom stereocenters. The number of fused-ring (bicyclic) bond motifs is 1. The number of hydrogen-bond donors (Lipinski definition) is 1. The number of benzene rings is 2. The smallest absolute Gasteiger partial charge is 0.335 e. The Balaban J connectivity index is 1.64. The highest BCUT2D eigenvalue weighted by molar-refractivity contribution is 5.87. The summed E-state index contributed by atoms with van der Waals surface area (Å²) in [5, 5.41) is 8.89. The minimum Gasteiger partial charge on any atom is -0.480 e. The van der Waals surface area contributed by atoms with Gasteiger partial charge in [-0.05, 0) is 35.9 Å². The summed E-state index contributed by atoms with van der Waals surface area (Å²) in [6.07, 6.45) is -0.320. The third-order valence-corrected chi connectivity index (χ3v) is 3.97. The molecular formula is C18H16FNO4. The number of amides is 1. The summed E-state index contributed by atoms with van der Waals surface area (Å²) in [5.74, 6) is -1.00. The van der Waals surface area contributed by atoms with E-state index in [1.54, 1.807) is 19.2 Å². The fraction of sp³-hybridized carbons (Fsp3) is 0.222. The number of rotatable bonds is 4. The Hall–Kier alpha value is -2.89. The van der Waals surface area contributed by atoms with Crippen LogP contribution in [0.25, 0.3) is 0 Å². The van der Waals surface area contributed by atoms with E-state index in [-0.39, 0.29) is 17.3 Å². The molecule has 1 atom stereocenters. The first-order chi connectivity index (χ1) is 11.4. The molecule has 3 rings (SSSR count). The highest BCUT2D eigenvalue weighted by Crippen LogP contribution is 2.30. The number of carbonyl (C=O) groups excluding carboxylic acids is 1. The maximum atomic E-state index is 13.2. The number of carboxylic acid groups (broad SMARTS) is 1. The summed E-state index contributed by atoms with van der Waals surface area (Å²) in [5.41, 5.74) is 1.70. The maximum Gasteiger partial charge on any atom is 0.335 e. The number of aromatic carboxylic acids is 1. The van der Waals surface area contributed by atoms with Crippen LogP contribution >= 0.6 is 0 Å². The molecule has 1 amide bonds. The number of ether oxygens (including phenoxy) is 1. The van der Waals surface area contributed by atoms with E-state index in [4.69, 9.17) is 9.84 Å². The van der Waals surface area contributed by atoms with Gasteiger partial charge in [-0.1, -0.05) is 12.1 Å². The van der Waals surface area contributed by atoms with Gasteiger partial charge in [-0.25, -0.2) is 9.18 Å². The first-order valence-corrected chi connectivity index (χ1v) is 7.46. The average Bonchev–Trinajstić information content (AvgIpc) is 2.97. The van der Waals surface area contributed by atoms with Crippen molar-refractivity contribution in [2.45, 2.75) is 19.1 Å². The zero-order valence-corrected chi connectivity index (χ0v) is 13.0. The molecule has 24 heavy (non-hydrogen) atoms. The molecule has 0 bridgehead atoms. The lowest BCUT2D eigenvalue weighted by atomic mass is 10.1. The van der Waals surface area contributed by atoms with Gasteiger partial charge < -0.3 is 14.7 Å². The Morgan fingerprint density at radius 1 is 1.25 bits per heavy atom. The van der Waals surface area contributed by atoms with E-state index in [1.165, 1.54) is 35.2 Å². The number of halogens is 1. The monoisotopic (exact) mass is 329 g/mol. The third kappa shape index (κ3) is 3.22. The fourth-order valence-corrected chi connectivity index (χ4v) is 2.71. The lowest BCUT2D eigenvalue weighted by molar-refractivity contribution is -0.137. The quantitative estimate of drug-likeness (QED) is 0.936. The molecule has 0 fully saturated rings. The molecule has 5 nitrogen and oxygen atoms in total. The van der Waals surface area contributed by atoms with Crippen molar-refractivity contribution in [3.8, 4) is 5.75 Å². The van der Waals surface area contributed by atoms with Crippen LogP contribution < -0.4 is 4.74 Å². The Morgan fingerprint density at radius 2 is 1.96 bits per heavy atom. The molecule has 0 saturated carbocycles. The molecule has 0 saturated heterocycles. The predicted octanol–water partition coefficient (Wildman–Crippen LogP) is 2.49. The van der Waals surface area contributed by atoms with E-state index in [1.807, 2.05) is 0 Å². The Bertz CT molecular complexity index is 788. The van der Waals surface area contributed by atoms with Crippen LogP contribution in [0.3, 0.4) is 0 Å². The number of carboxylic acids is 1. The largest absolute Gasteiger partial charge is 0.480 e. The van der Waals surface area contributed by atoms with Gasteiger partial charge in [0.05, 0.1) is 5.56 Å². The van der Waals surface area contributed by atoms with Crippen LogP contribution in [0.2, 0.25) is 0 Å². The third-order valence-electron chi connectivity index (χ3n) is 3.97. The average molecular weight is 329 g/mol. The molecule has 124 valence electrons. The van der Waals surface area contributed by atoms with E-state index in [2.05, 4.69) is 0 Å². The predicted molar refractivity (Wildman–Crippen MR) is 84.4 cm³/mol. The Labute approximate surface area is 138 Å². The van der Waals surface area contributed by atoms with Gasteiger partial charge in [-0.15, -0.1) is 0 Å². The van der Waals surface area contributed by atoms with E-state index < -0.39 is 12.1 Å². The molecule has 1 aliphatic rings.